The number of benzene rings is 1. The van der Waals surface area contributed by atoms with Crippen molar-refractivity contribution in [3.8, 4) is 34.3 Å². The standard InChI is InChI=1S/C16H9FN6OS/c1-2-7-23-16(24)22-9-18-13(14(22)20-21-23)15-19-12(8-25-15)10-3-5-11(17)6-4-10/h1,3-6,8-9H,7H2. The van der Waals surface area contributed by atoms with Gasteiger partial charge in [0.25, 0.3) is 0 Å². The van der Waals surface area contributed by atoms with Crippen molar-refractivity contribution in [3.63, 3.8) is 0 Å². The molecule has 0 amide bonds. The maximum absolute atomic E-state index is 13.0. The molecule has 0 aliphatic carbocycles. The third kappa shape index (κ3) is 2.58. The van der Waals surface area contributed by atoms with Crippen LogP contribution in [-0.2, 0) is 6.54 Å². The summed E-state index contributed by atoms with van der Waals surface area (Å²) < 4.78 is 15.4. The van der Waals surface area contributed by atoms with Gasteiger partial charge in [0.15, 0.2) is 5.65 Å². The molecule has 0 spiro atoms. The van der Waals surface area contributed by atoms with Crippen molar-refractivity contribution >= 4 is 17.0 Å². The van der Waals surface area contributed by atoms with Gasteiger partial charge in [0.1, 0.15) is 29.4 Å². The van der Waals surface area contributed by atoms with Crippen LogP contribution in [0, 0.1) is 18.2 Å². The van der Waals surface area contributed by atoms with Crippen LogP contribution in [-0.4, -0.2) is 29.4 Å². The summed E-state index contributed by atoms with van der Waals surface area (Å²) in [4.78, 5) is 21.0. The minimum Gasteiger partial charge on any atom is -0.245 e. The number of halogens is 1. The summed E-state index contributed by atoms with van der Waals surface area (Å²) in [6.45, 7) is 0.0290. The lowest BCUT2D eigenvalue weighted by Gasteiger charge is -1.99. The fourth-order valence-corrected chi connectivity index (χ4v) is 3.13. The zero-order valence-electron chi connectivity index (χ0n) is 12.6. The molecule has 25 heavy (non-hydrogen) atoms. The molecule has 4 rings (SSSR count). The highest BCUT2D eigenvalue weighted by molar-refractivity contribution is 7.13. The molecular formula is C16H9FN6OS. The molecule has 9 heteroatoms. The van der Waals surface area contributed by atoms with E-state index in [2.05, 4.69) is 26.2 Å². The molecule has 7 nitrogen and oxygen atoms in total. The van der Waals surface area contributed by atoms with E-state index < -0.39 is 5.69 Å². The van der Waals surface area contributed by atoms with E-state index >= 15 is 0 Å². The molecule has 3 heterocycles. The van der Waals surface area contributed by atoms with Crippen LogP contribution in [0.2, 0.25) is 0 Å². The van der Waals surface area contributed by atoms with Crippen LogP contribution in [0.1, 0.15) is 0 Å². The Kier molecular flexibility index (Phi) is 3.59. The first kappa shape index (κ1) is 15.2. The number of fused-ring (bicyclic) bond motifs is 1. The van der Waals surface area contributed by atoms with E-state index in [1.807, 2.05) is 5.38 Å². The van der Waals surface area contributed by atoms with E-state index in [0.717, 1.165) is 10.2 Å². The van der Waals surface area contributed by atoms with Crippen molar-refractivity contribution < 1.29 is 4.39 Å². The van der Waals surface area contributed by atoms with Crippen LogP contribution in [0.3, 0.4) is 0 Å². The fourth-order valence-electron chi connectivity index (χ4n) is 2.31. The Morgan fingerprint density at radius 2 is 2.08 bits per heavy atom. The number of imidazole rings is 1. The van der Waals surface area contributed by atoms with E-state index in [9.17, 15) is 9.18 Å². The zero-order valence-corrected chi connectivity index (χ0v) is 13.4. The van der Waals surface area contributed by atoms with E-state index in [1.165, 1.54) is 34.2 Å². The van der Waals surface area contributed by atoms with E-state index in [4.69, 9.17) is 6.42 Å². The van der Waals surface area contributed by atoms with Gasteiger partial charge < -0.3 is 0 Å². The summed E-state index contributed by atoms with van der Waals surface area (Å²) in [6, 6.07) is 6.05. The van der Waals surface area contributed by atoms with Crippen molar-refractivity contribution in [2.45, 2.75) is 6.54 Å². The molecule has 122 valence electrons. The Hall–Kier alpha value is -3.38. The number of hydrogen-bond acceptors (Lipinski definition) is 6. The van der Waals surface area contributed by atoms with Gasteiger partial charge in [-0.15, -0.1) is 22.9 Å². The van der Waals surface area contributed by atoms with E-state index in [-0.39, 0.29) is 12.4 Å². The number of rotatable bonds is 3. The minimum atomic E-state index is -0.419. The molecule has 4 aromatic rings. The van der Waals surface area contributed by atoms with Gasteiger partial charge in [0, 0.05) is 10.9 Å². The monoisotopic (exact) mass is 352 g/mol. The van der Waals surface area contributed by atoms with E-state index in [1.54, 1.807) is 12.1 Å². The summed E-state index contributed by atoms with van der Waals surface area (Å²) in [6.07, 6.45) is 6.57. The Balaban J connectivity index is 1.78. The second-order valence-corrected chi connectivity index (χ2v) is 5.92. The molecule has 0 saturated heterocycles. The minimum absolute atomic E-state index is 0.0290. The maximum Gasteiger partial charge on any atom is 0.353 e. The Morgan fingerprint density at radius 1 is 1.28 bits per heavy atom. The summed E-state index contributed by atoms with van der Waals surface area (Å²) in [7, 11) is 0. The van der Waals surface area contributed by atoms with Crippen LogP contribution >= 0.6 is 11.3 Å². The molecule has 0 radical (unpaired) electrons. The van der Waals surface area contributed by atoms with Gasteiger partial charge in [-0.1, -0.05) is 11.1 Å². The smallest absolute Gasteiger partial charge is 0.245 e. The van der Waals surface area contributed by atoms with Crippen LogP contribution in [0.4, 0.5) is 4.39 Å². The predicted octanol–water partition coefficient (Wildman–Crippen LogP) is 1.85. The summed E-state index contributed by atoms with van der Waals surface area (Å²) in [5.41, 5.74) is 1.82. The number of thiazole rings is 1. The quantitative estimate of drug-likeness (QED) is 0.526. The molecule has 0 unspecified atom stereocenters. The van der Waals surface area contributed by atoms with Crippen molar-refractivity contribution in [2.75, 3.05) is 0 Å². The van der Waals surface area contributed by atoms with Gasteiger partial charge in [0.05, 0.1) is 5.69 Å². The van der Waals surface area contributed by atoms with E-state index in [0.29, 0.717) is 22.0 Å². The van der Waals surface area contributed by atoms with Gasteiger partial charge in [-0.2, -0.15) is 4.68 Å². The van der Waals surface area contributed by atoms with Crippen LogP contribution in [0.15, 0.2) is 40.8 Å². The summed E-state index contributed by atoms with van der Waals surface area (Å²) in [5, 5.41) is 10.3. The van der Waals surface area contributed by atoms with Crippen LogP contribution < -0.4 is 5.69 Å². The number of terminal acetylenes is 1. The van der Waals surface area contributed by atoms with Gasteiger partial charge in [-0.25, -0.2) is 23.6 Å². The first-order chi connectivity index (χ1) is 12.2. The normalized spacial score (nSPS) is 10.9. The zero-order chi connectivity index (χ0) is 17.4. The second kappa shape index (κ2) is 5.92. The molecular weight excluding hydrogens is 343 g/mol. The molecule has 1 aromatic carbocycles. The van der Waals surface area contributed by atoms with Crippen molar-refractivity contribution in [2.24, 2.45) is 0 Å². The maximum atomic E-state index is 13.0. The lowest BCUT2D eigenvalue weighted by molar-refractivity contribution is 0.577. The van der Waals surface area contributed by atoms with Gasteiger partial charge >= 0.3 is 5.69 Å². The molecule has 3 aromatic heterocycles. The first-order valence-corrected chi connectivity index (χ1v) is 8.01. The Labute approximate surface area is 144 Å². The largest absolute Gasteiger partial charge is 0.353 e. The van der Waals surface area contributed by atoms with Crippen LogP contribution in [0.25, 0.3) is 27.6 Å². The SMILES string of the molecule is C#CCn1nnc2c(-c3nc(-c4ccc(F)cc4)cs3)ncn2c1=O. The third-order valence-corrected chi connectivity index (χ3v) is 4.35. The first-order valence-electron chi connectivity index (χ1n) is 7.13. The van der Waals surface area contributed by atoms with Crippen LogP contribution in [0.5, 0.6) is 0 Å². The molecule has 0 fully saturated rings. The fraction of sp³-hybridized carbons (Fsp3) is 0.0625. The Morgan fingerprint density at radius 3 is 2.84 bits per heavy atom. The average molecular weight is 352 g/mol. The average Bonchev–Trinajstić information content (AvgIpc) is 3.25. The second-order valence-electron chi connectivity index (χ2n) is 5.07. The highest BCUT2D eigenvalue weighted by Crippen LogP contribution is 2.29. The van der Waals surface area contributed by atoms with Crippen molar-refractivity contribution in [3.05, 3.63) is 52.3 Å². The molecule has 0 aliphatic heterocycles. The van der Waals surface area contributed by atoms with Crippen molar-refractivity contribution in [1.82, 2.24) is 29.4 Å². The van der Waals surface area contributed by atoms with Gasteiger partial charge in [-0.3, -0.25) is 0 Å². The number of hydrogen-bond donors (Lipinski definition) is 0. The molecule has 0 aliphatic rings. The number of aromatic nitrogens is 6. The lowest BCUT2D eigenvalue weighted by Crippen LogP contribution is -2.29. The lowest BCUT2D eigenvalue weighted by atomic mass is 10.2. The molecule has 0 atom stereocenters. The molecule has 0 bridgehead atoms. The highest BCUT2D eigenvalue weighted by atomic mass is 32.1. The molecule has 0 saturated carbocycles. The third-order valence-electron chi connectivity index (χ3n) is 3.50. The summed E-state index contributed by atoms with van der Waals surface area (Å²) in [5.74, 6) is 2.04. The summed E-state index contributed by atoms with van der Waals surface area (Å²) >= 11 is 1.35. The Bertz CT molecular complexity index is 1170. The molecule has 0 N–H and O–H groups in total. The van der Waals surface area contributed by atoms with Gasteiger partial charge in [-0.05, 0) is 24.3 Å². The highest BCUT2D eigenvalue weighted by Gasteiger charge is 2.16. The topological polar surface area (TPSA) is 78.0 Å². The van der Waals surface area contributed by atoms with Crippen molar-refractivity contribution in [1.29, 1.82) is 0 Å². The number of nitrogens with zero attached hydrogens (tertiary/aromatic N) is 6. The predicted molar refractivity (Wildman–Crippen MR) is 90.4 cm³/mol. The van der Waals surface area contributed by atoms with Gasteiger partial charge in [0.2, 0.25) is 0 Å².